The maximum absolute atomic E-state index is 12.2. The second-order valence-electron chi connectivity index (χ2n) is 5.58. The van der Waals surface area contributed by atoms with E-state index in [-0.39, 0.29) is 6.10 Å². The van der Waals surface area contributed by atoms with E-state index < -0.39 is 10.0 Å². The molecule has 1 aromatic rings. The van der Waals surface area contributed by atoms with E-state index in [4.69, 9.17) is 10.5 Å². The minimum absolute atomic E-state index is 0.222. The van der Waals surface area contributed by atoms with E-state index in [1.807, 2.05) is 13.8 Å². The van der Waals surface area contributed by atoms with Gasteiger partial charge in [-0.1, -0.05) is 0 Å². The fourth-order valence-electron chi connectivity index (χ4n) is 2.61. The number of nitrogens with two attached hydrogens (primary N) is 1. The molecule has 1 aromatic heterocycles. The Balaban J connectivity index is 1.76. The molecule has 5 nitrogen and oxygen atoms in total. The number of rotatable bonds is 6. The molecule has 120 valence electrons. The third-order valence-corrected chi connectivity index (χ3v) is 6.43. The first-order valence-corrected chi connectivity index (χ1v) is 9.62. The van der Waals surface area contributed by atoms with E-state index >= 15 is 0 Å². The third kappa shape index (κ3) is 4.75. The van der Waals surface area contributed by atoms with E-state index in [0.29, 0.717) is 24.1 Å². The first kappa shape index (κ1) is 16.9. The van der Waals surface area contributed by atoms with Gasteiger partial charge in [0.05, 0.1) is 17.6 Å². The predicted molar refractivity (Wildman–Crippen MR) is 85.2 cm³/mol. The highest BCUT2D eigenvalue weighted by atomic mass is 32.2. The molecule has 0 amide bonds. The molecule has 1 aliphatic carbocycles. The monoisotopic (exact) mass is 332 g/mol. The van der Waals surface area contributed by atoms with Crippen LogP contribution >= 0.6 is 11.3 Å². The Labute approximate surface area is 130 Å². The van der Waals surface area contributed by atoms with Crippen LogP contribution in [-0.2, 0) is 14.8 Å². The summed E-state index contributed by atoms with van der Waals surface area (Å²) in [5.41, 5.74) is 5.84. The van der Waals surface area contributed by atoms with Gasteiger partial charge in [0.25, 0.3) is 0 Å². The highest BCUT2D eigenvalue weighted by molar-refractivity contribution is 7.89. The van der Waals surface area contributed by atoms with Gasteiger partial charge in [0.15, 0.2) is 0 Å². The van der Waals surface area contributed by atoms with Crippen molar-refractivity contribution in [2.75, 3.05) is 13.2 Å². The Bertz CT molecular complexity index is 561. The summed E-state index contributed by atoms with van der Waals surface area (Å²) in [6.07, 6.45) is 4.14. The molecule has 1 aliphatic rings. The largest absolute Gasteiger partial charge is 0.377 e. The lowest BCUT2D eigenvalue weighted by Crippen LogP contribution is -2.33. The smallest absolute Gasteiger partial charge is 0.241 e. The van der Waals surface area contributed by atoms with Gasteiger partial charge in [-0.25, -0.2) is 13.1 Å². The van der Waals surface area contributed by atoms with Crippen molar-refractivity contribution >= 4 is 21.4 Å². The van der Waals surface area contributed by atoms with Crippen LogP contribution in [0.5, 0.6) is 0 Å². The number of hydrogen-bond donors (Lipinski definition) is 2. The second kappa shape index (κ2) is 7.19. The minimum atomic E-state index is -3.42. The quantitative estimate of drug-likeness (QED) is 0.780. The van der Waals surface area contributed by atoms with Crippen LogP contribution in [0.1, 0.15) is 35.4 Å². The molecule has 1 heterocycles. The van der Waals surface area contributed by atoms with E-state index in [1.165, 1.54) is 11.3 Å². The first-order chi connectivity index (χ1) is 9.88. The molecule has 0 atom stereocenters. The van der Waals surface area contributed by atoms with E-state index in [1.54, 1.807) is 6.07 Å². The topological polar surface area (TPSA) is 81.4 Å². The molecule has 0 bridgehead atoms. The van der Waals surface area contributed by atoms with Gasteiger partial charge in [-0.3, -0.25) is 0 Å². The summed E-state index contributed by atoms with van der Waals surface area (Å²) in [5, 5.41) is 0. The fraction of sp³-hybridized carbons (Fsp3) is 0.714. The SMILES string of the molecule is Cc1cc(S(=O)(=O)NCCOC2CCC(N)CC2)c(C)s1. The average molecular weight is 332 g/mol. The molecule has 0 spiro atoms. The molecule has 0 aliphatic heterocycles. The summed E-state index contributed by atoms with van der Waals surface area (Å²) in [4.78, 5) is 2.21. The Morgan fingerprint density at radius 3 is 2.57 bits per heavy atom. The Morgan fingerprint density at radius 1 is 1.33 bits per heavy atom. The van der Waals surface area contributed by atoms with E-state index in [0.717, 1.165) is 35.4 Å². The fourth-order valence-corrected chi connectivity index (χ4v) is 5.17. The molecule has 0 radical (unpaired) electrons. The molecule has 3 N–H and O–H groups in total. The van der Waals surface area contributed by atoms with Gasteiger partial charge >= 0.3 is 0 Å². The van der Waals surface area contributed by atoms with Gasteiger partial charge < -0.3 is 10.5 Å². The zero-order valence-corrected chi connectivity index (χ0v) is 14.2. The Hall–Kier alpha value is -0.470. The van der Waals surface area contributed by atoms with Gasteiger partial charge in [0.2, 0.25) is 10.0 Å². The van der Waals surface area contributed by atoms with Crippen LogP contribution < -0.4 is 10.5 Å². The molecule has 7 heteroatoms. The summed E-state index contributed by atoms with van der Waals surface area (Å²) in [6, 6.07) is 2.01. The van der Waals surface area contributed by atoms with Crippen molar-refractivity contribution in [3.63, 3.8) is 0 Å². The summed E-state index contributed by atoms with van der Waals surface area (Å²) < 4.78 is 32.7. The van der Waals surface area contributed by atoms with Crippen molar-refractivity contribution in [3.8, 4) is 0 Å². The lowest BCUT2D eigenvalue weighted by molar-refractivity contribution is 0.0287. The molecular formula is C14H24N2O3S2. The van der Waals surface area contributed by atoms with Gasteiger partial charge in [0, 0.05) is 22.3 Å². The summed E-state index contributed by atoms with van der Waals surface area (Å²) >= 11 is 1.50. The van der Waals surface area contributed by atoms with Crippen molar-refractivity contribution in [1.82, 2.24) is 4.72 Å². The first-order valence-electron chi connectivity index (χ1n) is 7.32. The highest BCUT2D eigenvalue weighted by Crippen LogP contribution is 2.24. The van der Waals surface area contributed by atoms with Crippen molar-refractivity contribution in [2.24, 2.45) is 5.73 Å². The van der Waals surface area contributed by atoms with Crippen LogP contribution in [0.2, 0.25) is 0 Å². The van der Waals surface area contributed by atoms with E-state index in [2.05, 4.69) is 4.72 Å². The number of aryl methyl sites for hydroxylation is 2. The Kier molecular flexibility index (Phi) is 5.79. The summed E-state index contributed by atoms with van der Waals surface area (Å²) in [6.45, 7) is 4.45. The van der Waals surface area contributed by atoms with E-state index in [9.17, 15) is 8.42 Å². The third-order valence-electron chi connectivity index (χ3n) is 3.75. The van der Waals surface area contributed by atoms with Crippen molar-refractivity contribution < 1.29 is 13.2 Å². The number of hydrogen-bond acceptors (Lipinski definition) is 5. The number of thiophene rings is 1. The molecule has 0 saturated heterocycles. The van der Waals surface area contributed by atoms with Crippen molar-refractivity contribution in [2.45, 2.75) is 56.6 Å². The van der Waals surface area contributed by atoms with Gasteiger partial charge in [-0.15, -0.1) is 11.3 Å². The summed E-state index contributed by atoms with van der Waals surface area (Å²) in [7, 11) is -3.42. The zero-order valence-electron chi connectivity index (χ0n) is 12.6. The van der Waals surface area contributed by atoms with Gasteiger partial charge in [-0.2, -0.15) is 0 Å². The second-order valence-corrected chi connectivity index (χ2v) is 8.78. The number of ether oxygens (including phenoxy) is 1. The molecule has 21 heavy (non-hydrogen) atoms. The Morgan fingerprint density at radius 2 is 2.00 bits per heavy atom. The van der Waals surface area contributed by atoms with Crippen molar-refractivity contribution in [3.05, 3.63) is 15.8 Å². The predicted octanol–water partition coefficient (Wildman–Crippen LogP) is 1.93. The molecule has 0 aromatic carbocycles. The molecule has 0 unspecified atom stereocenters. The lowest BCUT2D eigenvalue weighted by atomic mass is 9.94. The molecular weight excluding hydrogens is 308 g/mol. The van der Waals surface area contributed by atoms with Gasteiger partial charge in [-0.05, 0) is 45.6 Å². The molecule has 2 rings (SSSR count). The van der Waals surface area contributed by atoms with Crippen LogP contribution in [0.3, 0.4) is 0 Å². The van der Waals surface area contributed by atoms with Crippen LogP contribution in [0.15, 0.2) is 11.0 Å². The normalized spacial score (nSPS) is 23.4. The van der Waals surface area contributed by atoms with Crippen LogP contribution in [0.4, 0.5) is 0 Å². The van der Waals surface area contributed by atoms with Crippen LogP contribution in [0, 0.1) is 13.8 Å². The minimum Gasteiger partial charge on any atom is -0.377 e. The van der Waals surface area contributed by atoms with Crippen LogP contribution in [0.25, 0.3) is 0 Å². The summed E-state index contributed by atoms with van der Waals surface area (Å²) in [5.74, 6) is 0. The average Bonchev–Trinajstić information content (AvgIpc) is 2.77. The zero-order chi connectivity index (χ0) is 15.5. The molecule has 1 saturated carbocycles. The maximum Gasteiger partial charge on any atom is 0.241 e. The standard InChI is InChI=1S/C14H24N2O3S2/c1-10-9-14(11(2)20-10)21(17,18)16-7-8-19-13-5-3-12(15)4-6-13/h9,12-13,16H,3-8,15H2,1-2H3. The highest BCUT2D eigenvalue weighted by Gasteiger charge is 2.20. The maximum atomic E-state index is 12.2. The van der Waals surface area contributed by atoms with Crippen LogP contribution in [-0.4, -0.2) is 33.7 Å². The molecule has 1 fully saturated rings. The van der Waals surface area contributed by atoms with Crippen molar-refractivity contribution in [1.29, 1.82) is 0 Å². The number of sulfonamides is 1. The van der Waals surface area contributed by atoms with Gasteiger partial charge in [0.1, 0.15) is 0 Å². The lowest BCUT2D eigenvalue weighted by Gasteiger charge is -2.26. The number of nitrogens with one attached hydrogen (secondary N) is 1.